The second-order valence-corrected chi connectivity index (χ2v) is 8.46. The maximum absolute atomic E-state index is 14.2. The number of aromatic amines is 1. The number of rotatable bonds is 5. The first-order chi connectivity index (χ1) is 14.4. The van der Waals surface area contributed by atoms with Crippen LogP contribution in [0.5, 0.6) is 0 Å². The van der Waals surface area contributed by atoms with E-state index in [2.05, 4.69) is 25.8 Å². The highest BCUT2D eigenvalue weighted by molar-refractivity contribution is 7.89. The molecule has 0 atom stereocenters. The Kier molecular flexibility index (Phi) is 5.32. The number of anilines is 1. The smallest absolute Gasteiger partial charge is 0.272 e. The van der Waals surface area contributed by atoms with E-state index >= 15 is 0 Å². The van der Waals surface area contributed by atoms with Gasteiger partial charge in [-0.1, -0.05) is 0 Å². The lowest BCUT2D eigenvalue weighted by molar-refractivity contribution is 0.0730. The molecule has 3 aromatic rings. The summed E-state index contributed by atoms with van der Waals surface area (Å²) in [5.74, 6) is -0.772. The number of hydrogen-bond donors (Lipinski definition) is 2. The number of halogens is 1. The molecule has 1 aliphatic heterocycles. The second-order valence-electron chi connectivity index (χ2n) is 6.52. The number of nitrogens with one attached hydrogen (secondary N) is 2. The van der Waals surface area contributed by atoms with Gasteiger partial charge in [0.25, 0.3) is 5.91 Å². The van der Waals surface area contributed by atoms with Crippen LogP contribution < -0.4 is 5.32 Å². The molecule has 2 aromatic heterocycles. The van der Waals surface area contributed by atoms with Gasteiger partial charge in [0.15, 0.2) is 5.82 Å². The lowest BCUT2D eigenvalue weighted by Crippen LogP contribution is -2.40. The first-order valence-corrected chi connectivity index (χ1v) is 10.4. The average Bonchev–Trinajstić information content (AvgIpc) is 3.40. The van der Waals surface area contributed by atoms with Crippen LogP contribution >= 0.6 is 0 Å². The first kappa shape index (κ1) is 20.1. The van der Waals surface area contributed by atoms with Crippen LogP contribution in [-0.4, -0.2) is 70.1 Å². The molecular formula is C17H18FN7O4S. The van der Waals surface area contributed by atoms with Crippen molar-refractivity contribution in [3.63, 3.8) is 0 Å². The molecule has 1 aliphatic rings. The van der Waals surface area contributed by atoms with Crippen LogP contribution in [0, 0.1) is 12.7 Å². The Morgan fingerprint density at radius 1 is 1.27 bits per heavy atom. The fourth-order valence-electron chi connectivity index (χ4n) is 3.00. The Hall–Kier alpha value is -3.16. The molecule has 11 nitrogen and oxygen atoms in total. The second kappa shape index (κ2) is 7.93. The van der Waals surface area contributed by atoms with Crippen LogP contribution in [-0.2, 0) is 14.8 Å². The number of ether oxygens (including phenoxy) is 1. The van der Waals surface area contributed by atoms with E-state index in [-0.39, 0.29) is 29.4 Å². The third-order valence-electron chi connectivity index (χ3n) is 4.57. The van der Waals surface area contributed by atoms with Gasteiger partial charge in [-0.3, -0.25) is 4.79 Å². The normalized spacial score (nSPS) is 15.3. The lowest BCUT2D eigenvalue weighted by atomic mass is 10.2. The molecule has 0 unspecified atom stereocenters. The van der Waals surface area contributed by atoms with E-state index in [0.29, 0.717) is 24.7 Å². The predicted octanol–water partition coefficient (Wildman–Crippen LogP) is 0.711. The Morgan fingerprint density at radius 2 is 2.03 bits per heavy atom. The van der Waals surface area contributed by atoms with Crippen LogP contribution in [0.3, 0.4) is 0 Å². The zero-order chi connectivity index (χ0) is 21.3. The molecule has 4 rings (SSSR count). The Morgan fingerprint density at radius 3 is 2.73 bits per heavy atom. The Labute approximate surface area is 170 Å². The zero-order valence-corrected chi connectivity index (χ0v) is 16.7. The van der Waals surface area contributed by atoms with E-state index in [1.807, 2.05) is 0 Å². The highest BCUT2D eigenvalue weighted by atomic mass is 32.2. The number of morpholine rings is 1. The molecule has 0 bridgehead atoms. The molecule has 1 amide bonds. The van der Waals surface area contributed by atoms with Gasteiger partial charge in [-0.15, -0.1) is 5.10 Å². The number of H-pyrrole nitrogens is 1. The van der Waals surface area contributed by atoms with Crippen molar-refractivity contribution in [2.75, 3.05) is 31.6 Å². The van der Waals surface area contributed by atoms with Crippen molar-refractivity contribution in [1.82, 2.24) is 29.5 Å². The standard InChI is InChI=1S/C17H18FN7O4S/c1-11-21-22-23-25(11)16-8-12(2-3-14(16)18)20-17(26)15-9-13(10-19-15)30(27,28)24-4-6-29-7-5-24/h2-3,8-10,19H,4-7H2,1H3,(H,20,26). The van der Waals surface area contributed by atoms with E-state index in [0.717, 1.165) is 0 Å². The van der Waals surface area contributed by atoms with Gasteiger partial charge in [0.1, 0.15) is 22.1 Å². The summed E-state index contributed by atoms with van der Waals surface area (Å²) in [6.07, 6.45) is 1.26. The van der Waals surface area contributed by atoms with Crippen molar-refractivity contribution in [2.24, 2.45) is 0 Å². The molecule has 0 spiro atoms. The first-order valence-electron chi connectivity index (χ1n) is 8.99. The molecule has 0 saturated carbocycles. The van der Waals surface area contributed by atoms with Gasteiger partial charge in [0.2, 0.25) is 10.0 Å². The zero-order valence-electron chi connectivity index (χ0n) is 15.9. The summed E-state index contributed by atoms with van der Waals surface area (Å²) in [5, 5.41) is 13.5. The van der Waals surface area contributed by atoms with Gasteiger partial charge >= 0.3 is 0 Å². The maximum atomic E-state index is 14.2. The number of tetrazole rings is 1. The Bertz CT molecular complexity index is 1180. The van der Waals surface area contributed by atoms with Gasteiger partial charge in [0.05, 0.1) is 13.2 Å². The molecule has 2 N–H and O–H groups in total. The topological polar surface area (TPSA) is 135 Å². The molecule has 3 heterocycles. The van der Waals surface area contributed by atoms with Crippen LogP contribution in [0.1, 0.15) is 16.3 Å². The summed E-state index contributed by atoms with van der Waals surface area (Å²) in [6, 6.07) is 5.20. The average molecular weight is 435 g/mol. The molecular weight excluding hydrogens is 417 g/mol. The fraction of sp³-hybridized carbons (Fsp3) is 0.294. The summed E-state index contributed by atoms with van der Waals surface area (Å²) in [4.78, 5) is 15.2. The van der Waals surface area contributed by atoms with Crippen molar-refractivity contribution in [3.8, 4) is 5.69 Å². The van der Waals surface area contributed by atoms with Gasteiger partial charge < -0.3 is 15.0 Å². The number of sulfonamides is 1. The number of carbonyl (C=O) groups excluding carboxylic acids is 1. The number of nitrogens with zero attached hydrogens (tertiary/aromatic N) is 5. The van der Waals surface area contributed by atoms with E-state index in [1.165, 1.54) is 39.4 Å². The molecule has 158 valence electrons. The van der Waals surface area contributed by atoms with Gasteiger partial charge in [-0.05, 0) is 41.6 Å². The summed E-state index contributed by atoms with van der Waals surface area (Å²) < 4.78 is 47.2. The predicted molar refractivity (Wildman–Crippen MR) is 102 cm³/mol. The van der Waals surface area contributed by atoms with Crippen LogP contribution in [0.15, 0.2) is 35.4 Å². The van der Waals surface area contributed by atoms with Crippen molar-refractivity contribution >= 4 is 21.6 Å². The number of aromatic nitrogens is 5. The van der Waals surface area contributed by atoms with Gasteiger partial charge in [-0.25, -0.2) is 12.8 Å². The van der Waals surface area contributed by atoms with E-state index in [4.69, 9.17) is 4.74 Å². The highest BCUT2D eigenvalue weighted by Gasteiger charge is 2.28. The molecule has 1 aromatic carbocycles. The number of hydrogen-bond acceptors (Lipinski definition) is 7. The third-order valence-corrected chi connectivity index (χ3v) is 6.44. The van der Waals surface area contributed by atoms with Gasteiger partial charge in [-0.2, -0.15) is 8.99 Å². The minimum atomic E-state index is -3.73. The lowest BCUT2D eigenvalue weighted by Gasteiger charge is -2.25. The van der Waals surface area contributed by atoms with E-state index < -0.39 is 21.7 Å². The molecule has 30 heavy (non-hydrogen) atoms. The minimum Gasteiger partial charge on any atom is -0.379 e. The third kappa shape index (κ3) is 3.81. The number of aryl methyl sites for hydroxylation is 1. The molecule has 13 heteroatoms. The number of benzene rings is 1. The van der Waals surface area contributed by atoms with E-state index in [9.17, 15) is 17.6 Å². The quantitative estimate of drug-likeness (QED) is 0.603. The summed E-state index contributed by atoms with van der Waals surface area (Å²) >= 11 is 0. The summed E-state index contributed by atoms with van der Waals surface area (Å²) in [7, 11) is -3.73. The minimum absolute atomic E-state index is 0.0151. The number of carbonyl (C=O) groups is 1. The fourth-order valence-corrected chi connectivity index (χ4v) is 4.40. The maximum Gasteiger partial charge on any atom is 0.272 e. The largest absolute Gasteiger partial charge is 0.379 e. The van der Waals surface area contributed by atoms with Crippen LogP contribution in [0.4, 0.5) is 10.1 Å². The summed E-state index contributed by atoms with van der Waals surface area (Å²) in [6.45, 7) is 2.77. The van der Waals surface area contributed by atoms with Crippen LogP contribution in [0.2, 0.25) is 0 Å². The van der Waals surface area contributed by atoms with E-state index in [1.54, 1.807) is 6.92 Å². The monoisotopic (exact) mass is 435 g/mol. The molecule has 0 radical (unpaired) electrons. The van der Waals surface area contributed by atoms with Crippen molar-refractivity contribution < 1.29 is 22.3 Å². The van der Waals surface area contributed by atoms with Crippen molar-refractivity contribution in [3.05, 3.63) is 47.8 Å². The molecule has 1 fully saturated rings. The van der Waals surface area contributed by atoms with Crippen LogP contribution in [0.25, 0.3) is 5.69 Å². The Balaban J connectivity index is 1.53. The van der Waals surface area contributed by atoms with Crippen molar-refractivity contribution in [1.29, 1.82) is 0 Å². The highest BCUT2D eigenvalue weighted by Crippen LogP contribution is 2.21. The van der Waals surface area contributed by atoms with Crippen molar-refractivity contribution in [2.45, 2.75) is 11.8 Å². The van der Waals surface area contributed by atoms with Gasteiger partial charge in [0, 0.05) is 25.0 Å². The molecule has 1 saturated heterocycles. The summed E-state index contributed by atoms with van der Waals surface area (Å²) in [5.41, 5.74) is 0.405. The SMILES string of the molecule is Cc1nnnn1-c1cc(NC(=O)c2cc(S(=O)(=O)N3CCOCC3)c[nH]2)ccc1F. The molecule has 0 aliphatic carbocycles. The number of amides is 1.